The molecule has 0 aliphatic carbocycles. The molecule has 2 aromatic rings. The molecular formula is C19H23ClN4O3. The van der Waals surface area contributed by atoms with Crippen LogP contribution in [0, 0.1) is 13.8 Å². The van der Waals surface area contributed by atoms with Crippen LogP contribution in [-0.2, 0) is 4.74 Å². The van der Waals surface area contributed by atoms with Gasteiger partial charge in [-0.3, -0.25) is 4.79 Å². The summed E-state index contributed by atoms with van der Waals surface area (Å²) in [5.74, 6) is 0.246. The molecule has 27 heavy (non-hydrogen) atoms. The molecule has 7 nitrogen and oxygen atoms in total. The van der Waals surface area contributed by atoms with E-state index < -0.39 is 6.09 Å². The first kappa shape index (κ1) is 19.4. The Hall–Kier alpha value is -2.41. The number of aromatic nitrogens is 2. The van der Waals surface area contributed by atoms with Crippen LogP contribution in [0.25, 0.3) is 11.0 Å². The van der Waals surface area contributed by atoms with Crippen molar-refractivity contribution in [3.63, 3.8) is 0 Å². The Labute approximate surface area is 163 Å². The van der Waals surface area contributed by atoms with Gasteiger partial charge in [-0.25, -0.2) is 14.8 Å². The van der Waals surface area contributed by atoms with Crippen molar-refractivity contribution in [2.24, 2.45) is 0 Å². The number of halogens is 1. The number of alkyl halides is 1. The van der Waals surface area contributed by atoms with Crippen molar-refractivity contribution in [1.82, 2.24) is 20.2 Å². The molecule has 3 rings (SSSR count). The molecule has 1 fully saturated rings. The standard InChI is InChI=1S/C19H23ClN4O3/c1-12-13(2)22-17-11-14(3-4-16(17)21-12)18(25)24-8-5-15(6-9-24)23-19(26)27-10-7-20/h3-4,11,15H,5-10H2,1-2H3,(H,23,26). The zero-order chi connectivity index (χ0) is 19.4. The van der Waals surface area contributed by atoms with Crippen molar-refractivity contribution < 1.29 is 14.3 Å². The molecule has 0 atom stereocenters. The van der Waals surface area contributed by atoms with Crippen LogP contribution in [0.4, 0.5) is 4.79 Å². The van der Waals surface area contributed by atoms with Gasteiger partial charge in [-0.05, 0) is 44.9 Å². The number of hydrogen-bond acceptors (Lipinski definition) is 5. The van der Waals surface area contributed by atoms with Crippen LogP contribution in [-0.4, -0.2) is 58.5 Å². The quantitative estimate of drug-likeness (QED) is 0.811. The average molecular weight is 391 g/mol. The fourth-order valence-corrected chi connectivity index (χ4v) is 3.19. The van der Waals surface area contributed by atoms with Gasteiger partial charge in [-0.1, -0.05) is 0 Å². The lowest BCUT2D eigenvalue weighted by Crippen LogP contribution is -2.46. The van der Waals surface area contributed by atoms with E-state index in [2.05, 4.69) is 15.3 Å². The Kier molecular flexibility index (Phi) is 6.11. The lowest BCUT2D eigenvalue weighted by atomic mass is 10.0. The smallest absolute Gasteiger partial charge is 0.407 e. The molecule has 1 saturated heterocycles. The summed E-state index contributed by atoms with van der Waals surface area (Å²) in [7, 11) is 0. The van der Waals surface area contributed by atoms with Crippen molar-refractivity contribution in [3.8, 4) is 0 Å². The van der Waals surface area contributed by atoms with E-state index in [0.717, 1.165) is 22.4 Å². The topological polar surface area (TPSA) is 84.4 Å². The van der Waals surface area contributed by atoms with E-state index in [1.165, 1.54) is 0 Å². The van der Waals surface area contributed by atoms with Crippen LogP contribution in [0.3, 0.4) is 0 Å². The number of carbonyl (C=O) groups is 2. The molecule has 0 saturated carbocycles. The highest BCUT2D eigenvalue weighted by Gasteiger charge is 2.25. The zero-order valence-corrected chi connectivity index (χ0v) is 16.3. The first-order chi connectivity index (χ1) is 13.0. The van der Waals surface area contributed by atoms with Crippen molar-refractivity contribution in [2.45, 2.75) is 32.7 Å². The molecule has 0 bridgehead atoms. The summed E-state index contributed by atoms with van der Waals surface area (Å²) < 4.78 is 4.92. The third-order valence-electron chi connectivity index (χ3n) is 4.74. The van der Waals surface area contributed by atoms with Gasteiger partial charge in [0.05, 0.1) is 28.3 Å². The number of piperidine rings is 1. The fraction of sp³-hybridized carbons (Fsp3) is 0.474. The second-order valence-corrected chi connectivity index (χ2v) is 7.01. The maximum Gasteiger partial charge on any atom is 0.407 e. The van der Waals surface area contributed by atoms with E-state index >= 15 is 0 Å². The number of fused-ring (bicyclic) bond motifs is 1. The van der Waals surface area contributed by atoms with Crippen LogP contribution in [0.2, 0.25) is 0 Å². The zero-order valence-electron chi connectivity index (χ0n) is 15.5. The van der Waals surface area contributed by atoms with Crippen LogP contribution in [0.15, 0.2) is 18.2 Å². The minimum absolute atomic E-state index is 0.00460. The first-order valence-corrected chi connectivity index (χ1v) is 9.55. The van der Waals surface area contributed by atoms with Crippen LogP contribution in [0.5, 0.6) is 0 Å². The molecule has 8 heteroatoms. The van der Waals surface area contributed by atoms with Crippen molar-refractivity contribution in [2.75, 3.05) is 25.6 Å². The molecule has 144 valence electrons. The maximum absolute atomic E-state index is 12.8. The summed E-state index contributed by atoms with van der Waals surface area (Å²) >= 11 is 5.50. The summed E-state index contributed by atoms with van der Waals surface area (Å²) in [6.45, 7) is 5.18. The number of hydrogen-bond donors (Lipinski definition) is 1. The van der Waals surface area contributed by atoms with E-state index in [1.54, 1.807) is 17.0 Å². The van der Waals surface area contributed by atoms with Gasteiger partial charge in [-0.15, -0.1) is 11.6 Å². The Morgan fingerprint density at radius 1 is 1.19 bits per heavy atom. The molecule has 0 radical (unpaired) electrons. The summed E-state index contributed by atoms with van der Waals surface area (Å²) in [6, 6.07) is 5.43. The predicted octanol–water partition coefficient (Wildman–Crippen LogP) is 2.82. The van der Waals surface area contributed by atoms with Crippen molar-refractivity contribution >= 4 is 34.6 Å². The molecular weight excluding hydrogens is 368 g/mol. The molecule has 1 N–H and O–H groups in total. The van der Waals surface area contributed by atoms with Crippen molar-refractivity contribution in [1.29, 1.82) is 0 Å². The van der Waals surface area contributed by atoms with E-state index in [9.17, 15) is 9.59 Å². The first-order valence-electron chi connectivity index (χ1n) is 9.01. The monoisotopic (exact) mass is 390 g/mol. The van der Waals surface area contributed by atoms with Crippen LogP contribution >= 0.6 is 11.6 Å². The van der Waals surface area contributed by atoms with Gasteiger partial charge >= 0.3 is 6.09 Å². The molecule has 2 amide bonds. The third-order valence-corrected chi connectivity index (χ3v) is 4.89. The number of alkyl carbamates (subject to hydrolysis) is 1. The maximum atomic E-state index is 12.8. The van der Waals surface area contributed by atoms with Gasteiger partial charge in [0.25, 0.3) is 5.91 Å². The molecule has 1 aliphatic rings. The van der Waals surface area contributed by atoms with E-state index in [4.69, 9.17) is 16.3 Å². The molecule has 0 unspecified atom stereocenters. The molecule has 1 aromatic heterocycles. The number of rotatable bonds is 4. The third kappa shape index (κ3) is 4.66. The largest absolute Gasteiger partial charge is 0.448 e. The number of carbonyl (C=O) groups excluding carboxylic acids is 2. The number of nitrogens with zero attached hydrogens (tertiary/aromatic N) is 3. The molecule has 1 aromatic carbocycles. The lowest BCUT2D eigenvalue weighted by Gasteiger charge is -2.32. The van der Waals surface area contributed by atoms with Gasteiger partial charge in [0, 0.05) is 24.7 Å². The van der Waals surface area contributed by atoms with Crippen LogP contribution in [0.1, 0.15) is 34.6 Å². The minimum atomic E-state index is -0.459. The Balaban J connectivity index is 1.61. The normalized spacial score (nSPS) is 15.0. The second kappa shape index (κ2) is 8.52. The summed E-state index contributed by atoms with van der Waals surface area (Å²) in [5.41, 5.74) is 3.87. The van der Waals surface area contributed by atoms with Gasteiger partial charge in [0.15, 0.2) is 0 Å². The Morgan fingerprint density at radius 2 is 1.85 bits per heavy atom. The van der Waals surface area contributed by atoms with Gasteiger partial charge < -0.3 is 15.0 Å². The lowest BCUT2D eigenvalue weighted by molar-refractivity contribution is 0.0702. The van der Waals surface area contributed by atoms with Crippen molar-refractivity contribution in [3.05, 3.63) is 35.2 Å². The Bertz CT molecular complexity index is 850. The molecule has 0 spiro atoms. The van der Waals surface area contributed by atoms with E-state index in [-0.39, 0.29) is 24.4 Å². The number of aryl methyl sites for hydroxylation is 2. The van der Waals surface area contributed by atoms with E-state index in [0.29, 0.717) is 31.5 Å². The highest BCUT2D eigenvalue weighted by Crippen LogP contribution is 2.18. The summed E-state index contributed by atoms with van der Waals surface area (Å²) in [4.78, 5) is 35.2. The molecule has 1 aliphatic heterocycles. The number of nitrogens with one attached hydrogen (secondary N) is 1. The highest BCUT2D eigenvalue weighted by atomic mass is 35.5. The second-order valence-electron chi connectivity index (χ2n) is 6.63. The Morgan fingerprint density at radius 3 is 2.52 bits per heavy atom. The predicted molar refractivity (Wildman–Crippen MR) is 103 cm³/mol. The number of likely N-dealkylation sites (tertiary alicyclic amines) is 1. The average Bonchev–Trinajstić information content (AvgIpc) is 2.67. The van der Waals surface area contributed by atoms with E-state index in [1.807, 2.05) is 19.9 Å². The van der Waals surface area contributed by atoms with Crippen LogP contribution < -0.4 is 5.32 Å². The summed E-state index contributed by atoms with van der Waals surface area (Å²) in [5, 5.41) is 2.81. The number of ether oxygens (including phenoxy) is 1. The molecule has 2 heterocycles. The van der Waals surface area contributed by atoms with Gasteiger partial charge in [0.2, 0.25) is 0 Å². The highest BCUT2D eigenvalue weighted by molar-refractivity contribution is 6.18. The SMILES string of the molecule is Cc1nc2ccc(C(=O)N3CCC(NC(=O)OCCCl)CC3)cc2nc1C. The fourth-order valence-electron chi connectivity index (χ4n) is 3.11. The van der Waals surface area contributed by atoms with Gasteiger partial charge in [-0.2, -0.15) is 0 Å². The van der Waals surface area contributed by atoms with Gasteiger partial charge in [0.1, 0.15) is 6.61 Å². The number of amides is 2. The minimum Gasteiger partial charge on any atom is -0.448 e. The number of benzene rings is 1. The summed E-state index contributed by atoms with van der Waals surface area (Å²) in [6.07, 6.45) is 0.917.